The highest BCUT2D eigenvalue weighted by Crippen LogP contribution is 2.35. The lowest BCUT2D eigenvalue weighted by Crippen LogP contribution is -2.09. The summed E-state index contributed by atoms with van der Waals surface area (Å²) in [5.41, 5.74) is 6.43. The molecule has 0 saturated carbocycles. The number of benzene rings is 2. The van der Waals surface area contributed by atoms with Gasteiger partial charge in [-0.3, -0.25) is 0 Å². The minimum Gasteiger partial charge on any atom is -0.389 e. The maximum absolute atomic E-state index is 12.7. The topological polar surface area (TPSA) is 38.0 Å². The first-order chi connectivity index (χ1) is 9.77. The van der Waals surface area contributed by atoms with Crippen LogP contribution in [0.1, 0.15) is 11.1 Å². The lowest BCUT2D eigenvalue weighted by atomic mass is 10.1. The fourth-order valence-corrected chi connectivity index (χ4v) is 2.15. The number of nitrogens with two attached hydrogens (primary N) is 1. The largest absolute Gasteiger partial charge is 0.416 e. The molecule has 0 heterocycles. The SMILES string of the molecule is NC(=S)c1ccc(Nc2cc(C(F)(F)F)ccc2Br)cc1. The summed E-state index contributed by atoms with van der Waals surface area (Å²) in [5.74, 6) is 0. The first-order valence-electron chi connectivity index (χ1n) is 5.81. The zero-order valence-electron chi connectivity index (χ0n) is 10.5. The summed E-state index contributed by atoms with van der Waals surface area (Å²) in [6.07, 6.45) is -4.38. The monoisotopic (exact) mass is 374 g/mol. The molecule has 2 rings (SSSR count). The van der Waals surface area contributed by atoms with E-state index in [0.29, 0.717) is 21.4 Å². The van der Waals surface area contributed by atoms with E-state index in [0.717, 1.165) is 12.1 Å². The smallest absolute Gasteiger partial charge is 0.389 e. The average Bonchev–Trinajstić information content (AvgIpc) is 2.40. The molecule has 0 unspecified atom stereocenters. The zero-order valence-corrected chi connectivity index (χ0v) is 12.9. The first-order valence-corrected chi connectivity index (χ1v) is 7.01. The molecule has 7 heteroatoms. The van der Waals surface area contributed by atoms with Gasteiger partial charge in [-0.15, -0.1) is 0 Å². The van der Waals surface area contributed by atoms with E-state index < -0.39 is 11.7 Å². The average molecular weight is 375 g/mol. The second-order valence-corrected chi connectivity index (χ2v) is 5.55. The Bertz CT molecular complexity index is 669. The second kappa shape index (κ2) is 6.03. The Hall–Kier alpha value is -1.60. The molecule has 0 aliphatic heterocycles. The maximum Gasteiger partial charge on any atom is 0.416 e. The zero-order chi connectivity index (χ0) is 15.6. The molecule has 0 aliphatic rings. The predicted octanol–water partition coefficient (Wildman–Crippen LogP) is 4.85. The normalized spacial score (nSPS) is 11.2. The Morgan fingerprint density at radius 1 is 1.10 bits per heavy atom. The molecule has 0 radical (unpaired) electrons. The van der Waals surface area contributed by atoms with E-state index >= 15 is 0 Å². The molecule has 0 spiro atoms. The quantitative estimate of drug-likeness (QED) is 0.754. The van der Waals surface area contributed by atoms with Crippen LogP contribution in [-0.4, -0.2) is 4.99 Å². The Morgan fingerprint density at radius 2 is 1.71 bits per heavy atom. The summed E-state index contributed by atoms with van der Waals surface area (Å²) in [6, 6.07) is 10.2. The van der Waals surface area contributed by atoms with Crippen LogP contribution < -0.4 is 11.1 Å². The van der Waals surface area contributed by atoms with Crippen molar-refractivity contribution in [2.24, 2.45) is 5.73 Å². The Morgan fingerprint density at radius 3 is 2.24 bits per heavy atom. The lowest BCUT2D eigenvalue weighted by Gasteiger charge is -2.13. The van der Waals surface area contributed by atoms with E-state index in [-0.39, 0.29) is 4.99 Å². The molecular weight excluding hydrogens is 365 g/mol. The summed E-state index contributed by atoms with van der Waals surface area (Å²) >= 11 is 8.06. The Labute approximate surface area is 133 Å². The van der Waals surface area contributed by atoms with E-state index in [9.17, 15) is 13.2 Å². The fraction of sp³-hybridized carbons (Fsp3) is 0.0714. The van der Waals surface area contributed by atoms with Gasteiger partial charge >= 0.3 is 6.18 Å². The number of halogens is 4. The summed E-state index contributed by atoms with van der Waals surface area (Å²) in [4.78, 5) is 0.266. The maximum atomic E-state index is 12.7. The Kier molecular flexibility index (Phi) is 4.53. The number of nitrogens with one attached hydrogen (secondary N) is 1. The standard InChI is InChI=1S/C14H10BrF3N2S/c15-11-6-3-9(14(16,17)18)7-12(11)20-10-4-1-8(2-5-10)13(19)21/h1-7,20H,(H2,19,21). The van der Waals surface area contributed by atoms with Crippen molar-refractivity contribution in [2.45, 2.75) is 6.18 Å². The van der Waals surface area contributed by atoms with Gasteiger partial charge in [-0.2, -0.15) is 13.2 Å². The van der Waals surface area contributed by atoms with Crippen LogP contribution in [0.15, 0.2) is 46.9 Å². The van der Waals surface area contributed by atoms with E-state index in [1.807, 2.05) is 0 Å². The molecule has 2 nitrogen and oxygen atoms in total. The van der Waals surface area contributed by atoms with Crippen molar-refractivity contribution in [3.05, 3.63) is 58.1 Å². The molecule has 0 aliphatic carbocycles. The highest BCUT2D eigenvalue weighted by atomic mass is 79.9. The van der Waals surface area contributed by atoms with Crippen molar-refractivity contribution < 1.29 is 13.2 Å². The van der Waals surface area contributed by atoms with E-state index in [4.69, 9.17) is 18.0 Å². The number of alkyl halides is 3. The molecule has 0 saturated heterocycles. The van der Waals surface area contributed by atoms with Crippen molar-refractivity contribution in [1.82, 2.24) is 0 Å². The van der Waals surface area contributed by atoms with Crippen LogP contribution in [0.4, 0.5) is 24.5 Å². The van der Waals surface area contributed by atoms with Crippen LogP contribution in [0.5, 0.6) is 0 Å². The van der Waals surface area contributed by atoms with Crippen molar-refractivity contribution in [2.75, 3.05) is 5.32 Å². The third kappa shape index (κ3) is 3.95. The minimum absolute atomic E-state index is 0.266. The molecule has 0 fully saturated rings. The third-order valence-electron chi connectivity index (χ3n) is 2.74. The molecule has 2 aromatic rings. The van der Waals surface area contributed by atoms with Gasteiger partial charge < -0.3 is 11.1 Å². The van der Waals surface area contributed by atoms with Gasteiger partial charge in [0.15, 0.2) is 0 Å². The van der Waals surface area contributed by atoms with Gasteiger partial charge in [0, 0.05) is 15.7 Å². The number of hydrogen-bond acceptors (Lipinski definition) is 2. The predicted molar refractivity (Wildman–Crippen MR) is 84.8 cm³/mol. The van der Waals surface area contributed by atoms with Gasteiger partial charge in [-0.1, -0.05) is 12.2 Å². The van der Waals surface area contributed by atoms with Crippen LogP contribution in [0.25, 0.3) is 0 Å². The Balaban J connectivity index is 2.28. The molecule has 0 aromatic heterocycles. The van der Waals surface area contributed by atoms with Gasteiger partial charge in [0.25, 0.3) is 0 Å². The van der Waals surface area contributed by atoms with Crippen molar-refractivity contribution >= 4 is 44.5 Å². The molecule has 0 bridgehead atoms. The van der Waals surface area contributed by atoms with Crippen LogP contribution in [-0.2, 0) is 6.18 Å². The molecule has 2 aromatic carbocycles. The van der Waals surface area contributed by atoms with Gasteiger partial charge in [0.05, 0.1) is 11.3 Å². The molecule has 3 N–H and O–H groups in total. The van der Waals surface area contributed by atoms with Gasteiger partial charge in [-0.25, -0.2) is 0 Å². The summed E-state index contributed by atoms with van der Waals surface area (Å²) in [6.45, 7) is 0. The summed E-state index contributed by atoms with van der Waals surface area (Å²) in [7, 11) is 0. The van der Waals surface area contributed by atoms with Gasteiger partial charge in [-0.05, 0) is 58.4 Å². The van der Waals surface area contributed by atoms with Crippen LogP contribution in [0.3, 0.4) is 0 Å². The highest BCUT2D eigenvalue weighted by molar-refractivity contribution is 9.10. The highest BCUT2D eigenvalue weighted by Gasteiger charge is 2.30. The molecule has 0 amide bonds. The minimum atomic E-state index is -4.38. The number of anilines is 2. The van der Waals surface area contributed by atoms with Crippen LogP contribution in [0.2, 0.25) is 0 Å². The van der Waals surface area contributed by atoms with Gasteiger partial charge in [0.2, 0.25) is 0 Å². The van der Waals surface area contributed by atoms with Crippen molar-refractivity contribution in [3.63, 3.8) is 0 Å². The van der Waals surface area contributed by atoms with Gasteiger partial charge in [0.1, 0.15) is 4.99 Å². The van der Waals surface area contributed by atoms with Crippen molar-refractivity contribution in [1.29, 1.82) is 0 Å². The van der Waals surface area contributed by atoms with Crippen LogP contribution in [0, 0.1) is 0 Å². The van der Waals surface area contributed by atoms with E-state index in [1.54, 1.807) is 24.3 Å². The summed E-state index contributed by atoms with van der Waals surface area (Å²) in [5, 5.41) is 2.92. The number of hydrogen-bond donors (Lipinski definition) is 2. The number of thiocarbonyl (C=S) groups is 1. The van der Waals surface area contributed by atoms with E-state index in [2.05, 4.69) is 21.2 Å². The summed E-state index contributed by atoms with van der Waals surface area (Å²) < 4.78 is 38.7. The fourth-order valence-electron chi connectivity index (χ4n) is 1.67. The third-order valence-corrected chi connectivity index (χ3v) is 3.67. The lowest BCUT2D eigenvalue weighted by molar-refractivity contribution is -0.137. The molecule has 110 valence electrons. The number of rotatable bonds is 3. The molecule has 0 atom stereocenters. The van der Waals surface area contributed by atoms with Crippen molar-refractivity contribution in [3.8, 4) is 0 Å². The molecule has 21 heavy (non-hydrogen) atoms. The second-order valence-electron chi connectivity index (χ2n) is 4.26. The molecular formula is C14H10BrF3N2S. The van der Waals surface area contributed by atoms with Crippen LogP contribution >= 0.6 is 28.1 Å². The first kappa shape index (κ1) is 15.8. The van der Waals surface area contributed by atoms with E-state index in [1.165, 1.54) is 6.07 Å².